The van der Waals surface area contributed by atoms with E-state index in [-0.39, 0.29) is 11.8 Å². The lowest BCUT2D eigenvalue weighted by atomic mass is 10.0. The fraction of sp³-hybridized carbons (Fsp3) is 0.150. The van der Waals surface area contributed by atoms with Crippen molar-refractivity contribution in [2.45, 2.75) is 6.42 Å². The van der Waals surface area contributed by atoms with Crippen LogP contribution in [0.2, 0.25) is 0 Å². The smallest absolute Gasteiger partial charge is 0.258 e. The molecule has 2 heterocycles. The largest absolute Gasteiger partial charge is 0.313 e. The normalized spacial score (nSPS) is 14.4. The number of aromatic nitrogens is 1. The lowest BCUT2D eigenvalue weighted by Gasteiger charge is -2.24. The first-order valence-electron chi connectivity index (χ1n) is 8.17. The number of amides is 2. The summed E-state index contributed by atoms with van der Waals surface area (Å²) in [6.45, 7) is 0.362. The quantitative estimate of drug-likeness (QED) is 0.688. The van der Waals surface area contributed by atoms with Gasteiger partial charge in [-0.1, -0.05) is 24.3 Å². The van der Waals surface area contributed by atoms with Gasteiger partial charge in [0, 0.05) is 43.4 Å². The van der Waals surface area contributed by atoms with Gasteiger partial charge in [-0.15, -0.1) is 0 Å². The second-order valence-electron chi connectivity index (χ2n) is 6.05. The van der Waals surface area contributed by atoms with Crippen LogP contribution in [0, 0.1) is 0 Å². The summed E-state index contributed by atoms with van der Waals surface area (Å²) in [4.78, 5) is 33.0. The number of benzene rings is 2. The summed E-state index contributed by atoms with van der Waals surface area (Å²) in [7, 11) is 1.75. The molecule has 0 N–H and O–H groups in total. The van der Waals surface area contributed by atoms with Crippen LogP contribution < -0.4 is 9.80 Å². The van der Waals surface area contributed by atoms with Gasteiger partial charge in [0.1, 0.15) is 0 Å². The third-order valence-corrected chi connectivity index (χ3v) is 4.61. The molecule has 1 aliphatic heterocycles. The van der Waals surface area contributed by atoms with E-state index in [2.05, 4.69) is 4.98 Å². The molecule has 0 aliphatic carbocycles. The Morgan fingerprint density at radius 3 is 2.68 bits per heavy atom. The molecular formula is C20H17N3O2. The van der Waals surface area contributed by atoms with E-state index >= 15 is 0 Å². The SMILES string of the molecule is CN1C(=O)CCN(C(=O)c2cccc3cnccc23)c2ccccc21. The summed E-state index contributed by atoms with van der Waals surface area (Å²) in [6.07, 6.45) is 3.73. The van der Waals surface area contributed by atoms with Crippen LogP contribution in [0.25, 0.3) is 10.8 Å². The summed E-state index contributed by atoms with van der Waals surface area (Å²) in [5.41, 5.74) is 2.12. The molecule has 0 saturated carbocycles. The Morgan fingerprint density at radius 2 is 1.84 bits per heavy atom. The fourth-order valence-electron chi connectivity index (χ4n) is 3.27. The Balaban J connectivity index is 1.85. The number of hydrogen-bond donors (Lipinski definition) is 0. The van der Waals surface area contributed by atoms with Crippen LogP contribution in [0.3, 0.4) is 0 Å². The van der Waals surface area contributed by atoms with Crippen LogP contribution in [-0.4, -0.2) is 30.4 Å². The Bertz CT molecular complexity index is 978. The monoisotopic (exact) mass is 331 g/mol. The summed E-state index contributed by atoms with van der Waals surface area (Å²) >= 11 is 0. The van der Waals surface area contributed by atoms with Crippen molar-refractivity contribution in [1.29, 1.82) is 0 Å². The summed E-state index contributed by atoms with van der Waals surface area (Å²) in [5, 5.41) is 1.79. The summed E-state index contributed by atoms with van der Waals surface area (Å²) in [5.74, 6) is -0.0998. The predicted octanol–water partition coefficient (Wildman–Crippen LogP) is 3.25. The van der Waals surface area contributed by atoms with Crippen molar-refractivity contribution >= 4 is 34.0 Å². The van der Waals surface area contributed by atoms with Crippen molar-refractivity contribution in [2.75, 3.05) is 23.4 Å². The van der Waals surface area contributed by atoms with Crippen molar-refractivity contribution in [1.82, 2.24) is 4.98 Å². The third kappa shape index (κ3) is 2.54. The highest BCUT2D eigenvalue weighted by molar-refractivity contribution is 6.16. The summed E-state index contributed by atoms with van der Waals surface area (Å²) in [6, 6.07) is 15.0. The van der Waals surface area contributed by atoms with Gasteiger partial charge >= 0.3 is 0 Å². The number of hydrogen-bond acceptors (Lipinski definition) is 3. The maximum absolute atomic E-state index is 13.3. The predicted molar refractivity (Wildman–Crippen MR) is 97.9 cm³/mol. The van der Waals surface area contributed by atoms with Crippen LogP contribution in [0.5, 0.6) is 0 Å². The second kappa shape index (κ2) is 6.02. The fourth-order valence-corrected chi connectivity index (χ4v) is 3.27. The van der Waals surface area contributed by atoms with Crippen molar-refractivity contribution in [2.24, 2.45) is 0 Å². The van der Waals surface area contributed by atoms with Gasteiger partial charge in [-0.25, -0.2) is 0 Å². The number of para-hydroxylation sites is 2. The Labute approximate surface area is 145 Å². The molecular weight excluding hydrogens is 314 g/mol. The van der Waals surface area contributed by atoms with Gasteiger partial charge in [0.05, 0.1) is 11.4 Å². The molecule has 2 amide bonds. The first-order chi connectivity index (χ1) is 12.2. The number of carbonyl (C=O) groups is 2. The molecule has 0 atom stereocenters. The van der Waals surface area contributed by atoms with Crippen molar-refractivity contribution in [3.8, 4) is 0 Å². The zero-order chi connectivity index (χ0) is 17.4. The number of anilines is 2. The molecule has 0 bridgehead atoms. The molecule has 0 saturated heterocycles. The molecule has 124 valence electrons. The molecule has 5 heteroatoms. The van der Waals surface area contributed by atoms with Crippen LogP contribution in [0.1, 0.15) is 16.8 Å². The van der Waals surface area contributed by atoms with E-state index in [0.29, 0.717) is 18.5 Å². The molecule has 3 aromatic rings. The number of carbonyl (C=O) groups excluding carboxylic acids is 2. The van der Waals surface area contributed by atoms with Gasteiger partial charge in [-0.2, -0.15) is 0 Å². The van der Waals surface area contributed by atoms with E-state index in [0.717, 1.165) is 22.1 Å². The van der Waals surface area contributed by atoms with E-state index < -0.39 is 0 Å². The zero-order valence-corrected chi connectivity index (χ0v) is 13.8. The second-order valence-corrected chi connectivity index (χ2v) is 6.05. The van der Waals surface area contributed by atoms with Gasteiger partial charge in [0.2, 0.25) is 5.91 Å². The average Bonchev–Trinajstić information content (AvgIpc) is 2.78. The molecule has 0 fully saturated rings. The van der Waals surface area contributed by atoms with Gasteiger partial charge in [0.15, 0.2) is 0 Å². The average molecular weight is 331 g/mol. The topological polar surface area (TPSA) is 53.5 Å². The first kappa shape index (κ1) is 15.3. The zero-order valence-electron chi connectivity index (χ0n) is 13.8. The number of nitrogens with zero attached hydrogens (tertiary/aromatic N) is 3. The molecule has 5 nitrogen and oxygen atoms in total. The van der Waals surface area contributed by atoms with Crippen LogP contribution in [0.4, 0.5) is 11.4 Å². The molecule has 1 aliphatic rings. The molecule has 2 aromatic carbocycles. The molecule has 25 heavy (non-hydrogen) atoms. The number of fused-ring (bicyclic) bond motifs is 2. The maximum Gasteiger partial charge on any atom is 0.258 e. The minimum Gasteiger partial charge on any atom is -0.313 e. The standard InChI is InChI=1S/C20H17N3O2/c1-22-17-7-2-3-8-18(17)23(12-10-19(22)24)20(25)16-6-4-5-14-13-21-11-9-15(14)16/h2-9,11,13H,10,12H2,1H3. The minimum absolute atomic E-state index is 0.00451. The van der Waals surface area contributed by atoms with Gasteiger partial charge in [0.25, 0.3) is 5.91 Å². The Morgan fingerprint density at radius 1 is 1.04 bits per heavy atom. The molecule has 0 unspecified atom stereocenters. The van der Waals surface area contributed by atoms with Crippen molar-refractivity contribution < 1.29 is 9.59 Å². The van der Waals surface area contributed by atoms with Gasteiger partial charge in [-0.3, -0.25) is 14.6 Å². The molecule has 4 rings (SSSR count). The van der Waals surface area contributed by atoms with Gasteiger partial charge < -0.3 is 9.80 Å². The Hall–Kier alpha value is -3.21. The number of pyridine rings is 1. The molecule has 0 radical (unpaired) electrons. The van der Waals surface area contributed by atoms with Crippen LogP contribution >= 0.6 is 0 Å². The van der Waals surface area contributed by atoms with Crippen molar-refractivity contribution in [3.05, 3.63) is 66.5 Å². The van der Waals surface area contributed by atoms with E-state index in [4.69, 9.17) is 0 Å². The third-order valence-electron chi connectivity index (χ3n) is 4.61. The van der Waals surface area contributed by atoms with E-state index in [1.807, 2.05) is 48.5 Å². The molecule has 1 aromatic heterocycles. The van der Waals surface area contributed by atoms with E-state index in [9.17, 15) is 9.59 Å². The lowest BCUT2D eigenvalue weighted by molar-refractivity contribution is -0.118. The van der Waals surface area contributed by atoms with E-state index in [1.165, 1.54) is 0 Å². The highest BCUT2D eigenvalue weighted by Crippen LogP contribution is 2.33. The van der Waals surface area contributed by atoms with Crippen molar-refractivity contribution in [3.63, 3.8) is 0 Å². The maximum atomic E-state index is 13.3. The molecule has 0 spiro atoms. The highest BCUT2D eigenvalue weighted by atomic mass is 16.2. The van der Waals surface area contributed by atoms with Crippen LogP contribution in [-0.2, 0) is 4.79 Å². The summed E-state index contributed by atoms with van der Waals surface area (Å²) < 4.78 is 0. The van der Waals surface area contributed by atoms with Gasteiger partial charge in [-0.05, 0) is 29.7 Å². The van der Waals surface area contributed by atoms with Crippen LogP contribution in [0.15, 0.2) is 60.9 Å². The number of rotatable bonds is 1. The highest BCUT2D eigenvalue weighted by Gasteiger charge is 2.28. The first-order valence-corrected chi connectivity index (χ1v) is 8.17. The minimum atomic E-state index is -0.104. The Kier molecular flexibility index (Phi) is 3.69. The lowest BCUT2D eigenvalue weighted by Crippen LogP contribution is -2.32. The van der Waals surface area contributed by atoms with E-state index in [1.54, 1.807) is 29.2 Å².